The molecule has 1 aliphatic heterocycles. The summed E-state index contributed by atoms with van der Waals surface area (Å²) in [6.45, 7) is 12.9. The molecule has 10 atom stereocenters. The molecule has 2 heteroatoms. The Morgan fingerprint density at radius 1 is 1.10 bits per heavy atom. The number of ether oxygens (including phenoxy) is 1. The summed E-state index contributed by atoms with van der Waals surface area (Å²) in [5, 5.41) is 9.32. The van der Waals surface area contributed by atoms with Gasteiger partial charge in [0.1, 0.15) is 6.10 Å². The van der Waals surface area contributed by atoms with Crippen molar-refractivity contribution in [1.29, 1.82) is 0 Å². The molecule has 0 amide bonds. The zero-order valence-electron chi connectivity index (χ0n) is 21.0. The average molecular weight is 433 g/mol. The summed E-state index contributed by atoms with van der Waals surface area (Å²) in [7, 11) is 0. The molecule has 1 N–H and O–H groups in total. The number of hydrogen-bond donors (Lipinski definition) is 1. The minimum atomic E-state index is 0. The Balaban J connectivity index is 0.00000153. The van der Waals surface area contributed by atoms with Crippen molar-refractivity contribution in [2.24, 2.45) is 51.8 Å². The zero-order valence-corrected chi connectivity index (χ0v) is 21.0. The molecule has 1 saturated heterocycles. The highest BCUT2D eigenvalue weighted by atomic mass is 16.5. The minimum absolute atomic E-state index is 0. The summed E-state index contributed by atoms with van der Waals surface area (Å²) in [5.41, 5.74) is 1.65. The van der Waals surface area contributed by atoms with E-state index in [0.717, 1.165) is 30.6 Å². The van der Waals surface area contributed by atoms with Gasteiger partial charge in [-0.25, -0.2) is 0 Å². The molecular formula is C29H52O2. The highest BCUT2D eigenvalue weighted by Gasteiger charge is 2.66. The Morgan fingerprint density at radius 3 is 2.65 bits per heavy atom. The number of allylic oxidation sites excluding steroid dienone is 2. The van der Waals surface area contributed by atoms with E-state index in [1.54, 1.807) is 0 Å². The Kier molecular flexibility index (Phi) is 5.60. The lowest BCUT2D eigenvalue weighted by Crippen LogP contribution is -2.56. The van der Waals surface area contributed by atoms with Crippen molar-refractivity contribution in [2.75, 3.05) is 6.61 Å². The summed E-state index contributed by atoms with van der Waals surface area (Å²) in [5.74, 6) is 5.72. The summed E-state index contributed by atoms with van der Waals surface area (Å²) in [6, 6.07) is 0. The van der Waals surface area contributed by atoms with Gasteiger partial charge < -0.3 is 9.84 Å². The summed E-state index contributed by atoms with van der Waals surface area (Å²) in [4.78, 5) is 0. The van der Waals surface area contributed by atoms with Crippen molar-refractivity contribution in [3.8, 4) is 0 Å². The van der Waals surface area contributed by atoms with E-state index in [9.17, 15) is 5.11 Å². The van der Waals surface area contributed by atoms with Gasteiger partial charge in [0.05, 0.1) is 5.76 Å². The first-order valence-corrected chi connectivity index (χ1v) is 13.7. The zero-order chi connectivity index (χ0) is 22.0. The van der Waals surface area contributed by atoms with Crippen molar-refractivity contribution < 1.29 is 12.7 Å². The lowest BCUT2D eigenvalue weighted by molar-refractivity contribution is -0.153. The van der Waals surface area contributed by atoms with Crippen molar-refractivity contribution in [2.45, 2.75) is 111 Å². The SMILES string of the molecule is C[C@H](CO)CC/C=C1\OC2C[C@H]3[C@@H]4CC[C@]5(C)CCCC[C@]5(C)[C@H]4CC[C@]3(C)C2[C@@H]1C.[HH].[HH]. The molecule has 31 heavy (non-hydrogen) atoms. The highest BCUT2D eigenvalue weighted by Crippen LogP contribution is 2.72. The lowest BCUT2D eigenvalue weighted by Gasteiger charge is -2.64. The fourth-order valence-corrected chi connectivity index (χ4v) is 9.94. The van der Waals surface area contributed by atoms with Crippen LogP contribution in [0.1, 0.15) is 108 Å². The Hall–Kier alpha value is -0.500. The molecule has 1 heterocycles. The third-order valence-corrected chi connectivity index (χ3v) is 12.0. The number of hydrogen-bond acceptors (Lipinski definition) is 2. The monoisotopic (exact) mass is 432 g/mol. The maximum Gasteiger partial charge on any atom is 0.103 e. The molecule has 5 rings (SSSR count). The summed E-state index contributed by atoms with van der Waals surface area (Å²) in [6.07, 6.45) is 18.0. The quantitative estimate of drug-likeness (QED) is 0.490. The van der Waals surface area contributed by atoms with Gasteiger partial charge in [0.2, 0.25) is 0 Å². The van der Waals surface area contributed by atoms with Gasteiger partial charge in [-0.05, 0) is 104 Å². The normalized spacial score (nSPS) is 53.3. The number of fused-ring (bicyclic) bond motifs is 7. The lowest BCUT2D eigenvalue weighted by atomic mass is 9.40. The van der Waals surface area contributed by atoms with E-state index in [1.165, 1.54) is 63.5 Å². The topological polar surface area (TPSA) is 29.5 Å². The van der Waals surface area contributed by atoms with E-state index in [-0.39, 0.29) is 2.85 Å². The van der Waals surface area contributed by atoms with Crippen LogP contribution in [-0.2, 0) is 4.74 Å². The van der Waals surface area contributed by atoms with Gasteiger partial charge in [0, 0.05) is 21.3 Å². The predicted molar refractivity (Wildman–Crippen MR) is 132 cm³/mol. The molecule has 5 aliphatic rings. The Bertz CT molecular complexity index is 724. The van der Waals surface area contributed by atoms with Crippen molar-refractivity contribution in [3.63, 3.8) is 0 Å². The molecule has 5 fully saturated rings. The van der Waals surface area contributed by atoms with Gasteiger partial charge in [-0.15, -0.1) is 0 Å². The second kappa shape index (κ2) is 7.78. The smallest absolute Gasteiger partial charge is 0.103 e. The van der Waals surface area contributed by atoms with Crippen molar-refractivity contribution >= 4 is 0 Å². The Morgan fingerprint density at radius 2 is 1.87 bits per heavy atom. The highest BCUT2D eigenvalue weighted by molar-refractivity contribution is 5.19. The van der Waals surface area contributed by atoms with Crippen LogP contribution in [0.25, 0.3) is 0 Å². The molecule has 2 unspecified atom stereocenters. The fourth-order valence-electron chi connectivity index (χ4n) is 9.94. The van der Waals surface area contributed by atoms with Crippen molar-refractivity contribution in [1.82, 2.24) is 0 Å². The van der Waals surface area contributed by atoms with Crippen LogP contribution in [0.4, 0.5) is 0 Å². The molecule has 0 spiro atoms. The van der Waals surface area contributed by atoms with Crippen LogP contribution in [0.2, 0.25) is 0 Å². The van der Waals surface area contributed by atoms with Gasteiger partial charge in [-0.1, -0.05) is 47.5 Å². The first-order chi connectivity index (χ1) is 14.7. The van der Waals surface area contributed by atoms with E-state index in [2.05, 4.69) is 40.7 Å². The van der Waals surface area contributed by atoms with Crippen LogP contribution in [0.3, 0.4) is 0 Å². The van der Waals surface area contributed by atoms with E-state index in [4.69, 9.17) is 4.74 Å². The molecule has 2 nitrogen and oxygen atoms in total. The predicted octanol–water partition coefficient (Wildman–Crippen LogP) is 7.85. The van der Waals surface area contributed by atoms with Crippen LogP contribution in [0.15, 0.2) is 11.8 Å². The molecule has 0 radical (unpaired) electrons. The molecule has 0 bridgehead atoms. The maximum absolute atomic E-state index is 9.32. The molecule has 180 valence electrons. The maximum atomic E-state index is 9.32. The second-order valence-corrected chi connectivity index (χ2v) is 13.3. The molecule has 0 aromatic heterocycles. The number of aliphatic hydroxyl groups excluding tert-OH is 1. The molecule has 4 aliphatic carbocycles. The van der Waals surface area contributed by atoms with E-state index >= 15 is 0 Å². The fraction of sp³-hybridized carbons (Fsp3) is 0.931. The average Bonchev–Trinajstić information content (AvgIpc) is 3.22. The number of rotatable bonds is 4. The third-order valence-electron chi connectivity index (χ3n) is 12.0. The van der Waals surface area contributed by atoms with Gasteiger partial charge in [-0.3, -0.25) is 0 Å². The van der Waals surface area contributed by atoms with Gasteiger partial charge in [0.15, 0.2) is 0 Å². The molecule has 4 saturated carbocycles. The molecule has 0 aromatic carbocycles. The largest absolute Gasteiger partial charge is 0.494 e. The van der Waals surface area contributed by atoms with E-state index < -0.39 is 0 Å². The van der Waals surface area contributed by atoms with Gasteiger partial charge in [-0.2, -0.15) is 0 Å². The third kappa shape index (κ3) is 3.20. The number of aliphatic hydroxyl groups is 1. The van der Waals surface area contributed by atoms with Crippen LogP contribution in [-0.4, -0.2) is 17.8 Å². The van der Waals surface area contributed by atoms with Crippen LogP contribution < -0.4 is 0 Å². The second-order valence-electron chi connectivity index (χ2n) is 13.3. The van der Waals surface area contributed by atoms with Gasteiger partial charge >= 0.3 is 0 Å². The van der Waals surface area contributed by atoms with Crippen molar-refractivity contribution in [3.05, 3.63) is 11.8 Å². The first-order valence-electron chi connectivity index (χ1n) is 13.7. The van der Waals surface area contributed by atoms with Gasteiger partial charge in [0.25, 0.3) is 0 Å². The standard InChI is InChI=1S/C29H48O2.2H2/c1-19(18-30)9-8-10-24-20(2)26-25(31-24)17-23-21-11-15-27(3)13-6-7-14-29(27,5)22(21)12-16-28(23,26)4;;/h10,19-23,25-26,30H,6-9,11-18H2,1-5H3;2*1H/b24-10-;;/t19-,20+,21+,22-,23-,25?,26?,27-,28-,29+;;/m0../s1. The van der Waals surface area contributed by atoms with Crippen LogP contribution >= 0.6 is 0 Å². The Labute approximate surface area is 194 Å². The molecular weight excluding hydrogens is 380 g/mol. The van der Waals surface area contributed by atoms with Crippen LogP contribution in [0, 0.1) is 51.8 Å². The van der Waals surface area contributed by atoms with E-state index in [1.807, 2.05) is 0 Å². The summed E-state index contributed by atoms with van der Waals surface area (Å²) < 4.78 is 6.70. The molecule has 0 aromatic rings. The first kappa shape index (κ1) is 22.3. The summed E-state index contributed by atoms with van der Waals surface area (Å²) >= 11 is 0. The minimum Gasteiger partial charge on any atom is -0.494 e. The van der Waals surface area contributed by atoms with Crippen LogP contribution in [0.5, 0.6) is 0 Å². The van der Waals surface area contributed by atoms with E-state index in [0.29, 0.717) is 46.7 Å².